The molecule has 47 heavy (non-hydrogen) atoms. The Morgan fingerprint density at radius 1 is 0.426 bits per heavy atom. The van der Waals surface area contributed by atoms with Crippen molar-refractivity contribution in [1.29, 1.82) is 0 Å². The third-order valence-corrected chi connectivity index (χ3v) is 15.1. The topological polar surface area (TPSA) is 20.2 Å². The summed E-state index contributed by atoms with van der Waals surface area (Å²) in [7, 11) is 0. The summed E-state index contributed by atoms with van der Waals surface area (Å²) >= 11 is 13.2. The van der Waals surface area contributed by atoms with Gasteiger partial charge in [0.1, 0.15) is 0 Å². The second-order valence-corrected chi connectivity index (χ2v) is 17.4. The molecule has 1 nitrogen and oxygen atoms in total. The van der Waals surface area contributed by atoms with Crippen LogP contribution in [0.2, 0.25) is 10.0 Å². The van der Waals surface area contributed by atoms with Crippen LogP contribution in [0.4, 0.5) is 0 Å². The second kappa shape index (κ2) is 10.7. The maximum Gasteiger partial charge on any atom is 0.0958 e. The first-order chi connectivity index (χ1) is 22.9. The predicted molar refractivity (Wildman–Crippen MR) is 193 cm³/mol. The molecule has 3 heteroatoms. The number of fused-ring (bicyclic) bond motifs is 3. The molecule has 4 aromatic rings. The molecule has 0 aromatic heterocycles. The lowest BCUT2D eigenvalue weighted by Gasteiger charge is -2.61. The number of hydrogen-bond acceptors (Lipinski definition) is 1. The van der Waals surface area contributed by atoms with Gasteiger partial charge in [-0.2, -0.15) is 0 Å². The molecule has 240 valence electrons. The first-order valence-corrected chi connectivity index (χ1v) is 19.2. The molecule has 8 bridgehead atoms. The van der Waals surface area contributed by atoms with E-state index in [9.17, 15) is 5.11 Å². The molecule has 0 radical (unpaired) electrons. The molecule has 9 aliphatic rings. The zero-order valence-corrected chi connectivity index (χ0v) is 28.6. The van der Waals surface area contributed by atoms with Crippen molar-refractivity contribution in [3.63, 3.8) is 0 Å². The van der Waals surface area contributed by atoms with Crippen LogP contribution < -0.4 is 0 Å². The summed E-state index contributed by atoms with van der Waals surface area (Å²) in [4.78, 5) is 0. The molecular weight excluding hydrogens is 615 g/mol. The monoisotopic (exact) mass is 658 g/mol. The molecule has 0 saturated heterocycles. The molecule has 1 spiro atoms. The van der Waals surface area contributed by atoms with E-state index >= 15 is 0 Å². The van der Waals surface area contributed by atoms with Gasteiger partial charge >= 0.3 is 0 Å². The van der Waals surface area contributed by atoms with Crippen LogP contribution in [0, 0.1) is 47.3 Å². The quantitative estimate of drug-likeness (QED) is 0.227. The van der Waals surface area contributed by atoms with Crippen LogP contribution in [-0.4, -0.2) is 5.11 Å². The molecule has 13 rings (SSSR count). The van der Waals surface area contributed by atoms with E-state index in [1.807, 2.05) is 18.2 Å². The van der Waals surface area contributed by atoms with Crippen LogP contribution in [-0.2, 0) is 11.0 Å². The molecule has 0 amide bonds. The van der Waals surface area contributed by atoms with E-state index in [4.69, 9.17) is 23.2 Å². The Bertz CT molecular complexity index is 1820. The Morgan fingerprint density at radius 3 is 1.47 bits per heavy atom. The van der Waals surface area contributed by atoms with E-state index in [2.05, 4.69) is 72.8 Å². The Labute approximate surface area is 289 Å². The van der Waals surface area contributed by atoms with Crippen LogP contribution in [0.1, 0.15) is 80.9 Å². The van der Waals surface area contributed by atoms with Crippen molar-refractivity contribution < 1.29 is 5.11 Å². The maximum atomic E-state index is 12.0. The minimum atomic E-state index is -0.677. The van der Waals surface area contributed by atoms with Gasteiger partial charge in [0.2, 0.25) is 0 Å². The lowest BCUT2D eigenvalue weighted by atomic mass is 9.43. The van der Waals surface area contributed by atoms with Gasteiger partial charge < -0.3 is 5.11 Å². The normalized spacial score (nSPS) is 37.9. The summed E-state index contributed by atoms with van der Waals surface area (Å²) in [5.74, 6) is 6.19. The van der Waals surface area contributed by atoms with Gasteiger partial charge in [0.05, 0.1) is 5.60 Å². The van der Waals surface area contributed by atoms with Gasteiger partial charge in [0.25, 0.3) is 0 Å². The summed E-state index contributed by atoms with van der Waals surface area (Å²) in [5, 5.41) is 13.7. The zero-order chi connectivity index (χ0) is 31.5. The van der Waals surface area contributed by atoms with Crippen LogP contribution in [0.25, 0.3) is 22.3 Å². The Morgan fingerprint density at radius 2 is 0.872 bits per heavy atom. The summed E-state index contributed by atoms with van der Waals surface area (Å²) in [6.45, 7) is 0. The van der Waals surface area contributed by atoms with E-state index < -0.39 is 5.60 Å². The van der Waals surface area contributed by atoms with Gasteiger partial charge in [0, 0.05) is 26.6 Å². The molecule has 8 fully saturated rings. The third-order valence-electron chi connectivity index (χ3n) is 14.4. The van der Waals surface area contributed by atoms with Crippen molar-refractivity contribution in [3.8, 4) is 22.3 Å². The molecule has 0 aliphatic heterocycles. The average Bonchev–Trinajstić information content (AvgIpc) is 3.38. The highest BCUT2D eigenvalue weighted by Crippen LogP contribution is 2.70. The van der Waals surface area contributed by atoms with Gasteiger partial charge in [-0.1, -0.05) is 102 Å². The van der Waals surface area contributed by atoms with Crippen molar-refractivity contribution in [2.24, 2.45) is 47.3 Å². The van der Waals surface area contributed by atoms with Crippen molar-refractivity contribution in [1.82, 2.24) is 0 Å². The highest BCUT2D eigenvalue weighted by molar-refractivity contribution is 6.34. The van der Waals surface area contributed by atoms with Crippen molar-refractivity contribution in [3.05, 3.63) is 118 Å². The first kappa shape index (κ1) is 29.3. The van der Waals surface area contributed by atoms with E-state index in [1.165, 1.54) is 75.3 Å². The average molecular weight is 660 g/mol. The Kier molecular flexibility index (Phi) is 6.69. The minimum Gasteiger partial charge on any atom is -0.385 e. The summed E-state index contributed by atoms with van der Waals surface area (Å²) in [6.07, 6.45) is 13.4. The van der Waals surface area contributed by atoms with Crippen molar-refractivity contribution >= 4 is 23.2 Å². The minimum absolute atomic E-state index is 0.268. The summed E-state index contributed by atoms with van der Waals surface area (Å²) in [5.41, 5.74) is 8.75. The summed E-state index contributed by atoms with van der Waals surface area (Å²) < 4.78 is 0. The summed E-state index contributed by atoms with van der Waals surface area (Å²) in [6, 6.07) is 32.2. The highest BCUT2D eigenvalue weighted by Gasteiger charge is 2.62. The fourth-order valence-electron chi connectivity index (χ4n) is 13.2. The largest absolute Gasteiger partial charge is 0.385 e. The zero-order valence-electron chi connectivity index (χ0n) is 27.1. The molecular formula is C44H44Cl2O. The molecule has 0 atom stereocenters. The fourth-order valence-corrected chi connectivity index (χ4v) is 13.8. The van der Waals surface area contributed by atoms with E-state index in [-0.39, 0.29) is 5.41 Å². The van der Waals surface area contributed by atoms with Crippen LogP contribution >= 0.6 is 23.2 Å². The van der Waals surface area contributed by atoms with E-state index in [1.54, 1.807) is 11.1 Å². The van der Waals surface area contributed by atoms with Gasteiger partial charge in [-0.15, -0.1) is 0 Å². The molecule has 9 aliphatic carbocycles. The van der Waals surface area contributed by atoms with Gasteiger partial charge in [0.15, 0.2) is 0 Å². The van der Waals surface area contributed by atoms with E-state index in [0.29, 0.717) is 11.8 Å². The SMILES string of the molecule is Clc1cccc2c1-c1ccccc1C21C2CC3CC(C2)CC1C3.OC1(c2ccccc2-c2ccccc2Cl)C2CC3CC(C2)CC1C3. The lowest BCUT2D eigenvalue weighted by Crippen LogP contribution is -2.55. The van der Waals surface area contributed by atoms with Gasteiger partial charge in [-0.25, -0.2) is 0 Å². The number of halogens is 2. The van der Waals surface area contributed by atoms with Crippen LogP contribution in [0.3, 0.4) is 0 Å². The third kappa shape index (κ3) is 4.12. The lowest BCUT2D eigenvalue weighted by molar-refractivity contribution is -0.179. The fraction of sp³-hybridized carbons (Fsp3) is 0.455. The Balaban J connectivity index is 0.000000121. The first-order valence-electron chi connectivity index (χ1n) is 18.4. The highest BCUT2D eigenvalue weighted by atomic mass is 35.5. The second-order valence-electron chi connectivity index (χ2n) is 16.5. The number of rotatable bonds is 2. The van der Waals surface area contributed by atoms with Crippen molar-refractivity contribution in [2.75, 3.05) is 0 Å². The molecule has 4 aromatic carbocycles. The number of aliphatic hydroxyl groups is 1. The number of benzene rings is 4. The smallest absolute Gasteiger partial charge is 0.0958 e. The Hall–Kier alpha value is -2.58. The van der Waals surface area contributed by atoms with Crippen LogP contribution in [0.5, 0.6) is 0 Å². The molecule has 0 unspecified atom stereocenters. The number of hydrogen-bond donors (Lipinski definition) is 1. The maximum absolute atomic E-state index is 12.0. The van der Waals surface area contributed by atoms with Gasteiger partial charge in [-0.05, 0) is 152 Å². The molecule has 1 N–H and O–H groups in total. The molecule has 8 saturated carbocycles. The predicted octanol–water partition coefficient (Wildman–Crippen LogP) is 11.7. The van der Waals surface area contributed by atoms with Crippen LogP contribution in [0.15, 0.2) is 91.0 Å². The van der Waals surface area contributed by atoms with Gasteiger partial charge in [-0.3, -0.25) is 0 Å². The van der Waals surface area contributed by atoms with E-state index in [0.717, 1.165) is 62.2 Å². The van der Waals surface area contributed by atoms with Crippen molar-refractivity contribution in [2.45, 2.75) is 75.2 Å². The molecule has 0 heterocycles. The standard InChI is InChI=1S/C22H23ClO.C22H21Cl/c23-21-8-4-2-6-19(21)18-5-1-3-7-20(18)22(24)16-10-14-9-15(12-16)13-17(22)11-14;23-20-7-3-6-19-21(20)17-4-1-2-5-18(17)22(19)15-9-13-8-14(11-15)12-16(22)10-13/h1-8,14-17,24H,9-13H2;1-7,13-16H,8-12H2.